The van der Waals surface area contributed by atoms with Crippen molar-refractivity contribution in [3.05, 3.63) is 94.8 Å². The number of carbonyl (C=O) groups excluding carboxylic acids is 1. The summed E-state index contributed by atoms with van der Waals surface area (Å²) in [5.74, 6) is -0.386. The highest BCUT2D eigenvalue weighted by molar-refractivity contribution is 7.92. The third-order valence-electron chi connectivity index (χ3n) is 5.86. The molecule has 0 aliphatic carbocycles. The van der Waals surface area contributed by atoms with E-state index in [1.54, 1.807) is 31.2 Å². The molecular formula is C25H20F4N4O4S. The van der Waals surface area contributed by atoms with Gasteiger partial charge >= 0.3 is 11.5 Å². The van der Waals surface area contributed by atoms with Gasteiger partial charge in [0.05, 0.1) is 27.5 Å². The number of alkyl halides is 3. The second-order valence-corrected chi connectivity index (χ2v) is 10.2. The number of benzene rings is 3. The van der Waals surface area contributed by atoms with E-state index in [0.29, 0.717) is 22.7 Å². The molecule has 0 saturated heterocycles. The second-order valence-electron chi connectivity index (χ2n) is 8.30. The fraction of sp³-hybridized carbons (Fsp3) is 0.160. The first-order valence-corrected chi connectivity index (χ1v) is 12.5. The van der Waals surface area contributed by atoms with Crippen LogP contribution < -0.4 is 10.9 Å². The molecule has 0 aliphatic heterocycles. The molecule has 1 atom stereocenters. The van der Waals surface area contributed by atoms with Gasteiger partial charge in [0.2, 0.25) is 0 Å². The predicted octanol–water partition coefficient (Wildman–Crippen LogP) is 5.04. The van der Waals surface area contributed by atoms with Gasteiger partial charge < -0.3 is 10.2 Å². The Balaban J connectivity index is 1.71. The van der Waals surface area contributed by atoms with E-state index >= 15 is 0 Å². The summed E-state index contributed by atoms with van der Waals surface area (Å²) in [5, 5.41) is 2.66. The zero-order valence-corrected chi connectivity index (χ0v) is 20.7. The summed E-state index contributed by atoms with van der Waals surface area (Å²) in [4.78, 5) is 31.1. The SMILES string of the molecule is CC(c1nc2ccccc2c(=O)n1-c1ccc(F)cc1)N(C)C(=O)Nc1cccc(S(=O)(=O)C(F)(F)F)c1. The molecule has 1 N–H and O–H groups in total. The Morgan fingerprint density at radius 1 is 1.03 bits per heavy atom. The number of amides is 2. The van der Waals surface area contributed by atoms with E-state index in [4.69, 9.17) is 0 Å². The number of hydrogen-bond donors (Lipinski definition) is 1. The Hall–Kier alpha value is -4.26. The normalized spacial score (nSPS) is 12.8. The Morgan fingerprint density at radius 3 is 2.34 bits per heavy atom. The molecule has 4 aromatic rings. The van der Waals surface area contributed by atoms with Gasteiger partial charge in [0.1, 0.15) is 11.6 Å². The lowest BCUT2D eigenvalue weighted by atomic mass is 10.2. The third-order valence-corrected chi connectivity index (χ3v) is 7.35. The minimum absolute atomic E-state index is 0.131. The number of para-hydroxylation sites is 1. The number of rotatable bonds is 5. The van der Waals surface area contributed by atoms with Gasteiger partial charge in [-0.3, -0.25) is 9.36 Å². The summed E-state index contributed by atoms with van der Waals surface area (Å²) >= 11 is 0. The van der Waals surface area contributed by atoms with Gasteiger partial charge in [-0.15, -0.1) is 0 Å². The molecule has 13 heteroatoms. The Bertz CT molecular complexity index is 1690. The molecule has 0 fully saturated rings. The fourth-order valence-electron chi connectivity index (χ4n) is 3.71. The van der Waals surface area contributed by atoms with Crippen LogP contribution in [0, 0.1) is 5.82 Å². The van der Waals surface area contributed by atoms with Gasteiger partial charge in [-0.05, 0) is 61.5 Å². The van der Waals surface area contributed by atoms with E-state index in [-0.39, 0.29) is 11.5 Å². The van der Waals surface area contributed by atoms with Crippen molar-refractivity contribution in [3.8, 4) is 5.69 Å². The largest absolute Gasteiger partial charge is 0.501 e. The number of nitrogens with one attached hydrogen (secondary N) is 1. The Labute approximate surface area is 214 Å². The number of anilines is 1. The van der Waals surface area contributed by atoms with Crippen molar-refractivity contribution >= 4 is 32.5 Å². The minimum atomic E-state index is -5.62. The maximum atomic E-state index is 13.6. The number of nitrogens with zero attached hydrogens (tertiary/aromatic N) is 3. The molecule has 0 saturated carbocycles. The average molecular weight is 549 g/mol. The average Bonchev–Trinajstić information content (AvgIpc) is 2.88. The summed E-state index contributed by atoms with van der Waals surface area (Å²) in [5.41, 5.74) is -5.50. The lowest BCUT2D eigenvalue weighted by Gasteiger charge is -2.27. The molecule has 1 heterocycles. The van der Waals surface area contributed by atoms with E-state index in [1.165, 1.54) is 41.9 Å². The van der Waals surface area contributed by atoms with Gasteiger partial charge in [0.15, 0.2) is 0 Å². The van der Waals surface area contributed by atoms with Gasteiger partial charge in [0, 0.05) is 12.7 Å². The molecule has 3 aromatic carbocycles. The molecule has 1 unspecified atom stereocenters. The highest BCUT2D eigenvalue weighted by Crippen LogP contribution is 2.31. The van der Waals surface area contributed by atoms with Gasteiger partial charge in [-0.2, -0.15) is 13.2 Å². The minimum Gasteiger partial charge on any atom is -0.318 e. The lowest BCUT2D eigenvalue weighted by molar-refractivity contribution is -0.0436. The van der Waals surface area contributed by atoms with Crippen molar-refractivity contribution in [2.75, 3.05) is 12.4 Å². The molecule has 4 rings (SSSR count). The molecule has 2 amide bonds. The maximum absolute atomic E-state index is 13.6. The van der Waals surface area contributed by atoms with E-state index in [0.717, 1.165) is 17.0 Å². The first-order valence-electron chi connectivity index (χ1n) is 11.0. The van der Waals surface area contributed by atoms with Crippen LogP contribution >= 0.6 is 0 Å². The summed E-state index contributed by atoms with van der Waals surface area (Å²) < 4.78 is 77.1. The second kappa shape index (κ2) is 9.89. The van der Waals surface area contributed by atoms with E-state index in [9.17, 15) is 35.6 Å². The van der Waals surface area contributed by atoms with Crippen molar-refractivity contribution in [2.45, 2.75) is 23.4 Å². The quantitative estimate of drug-likeness (QED) is 0.352. The van der Waals surface area contributed by atoms with Crippen LogP contribution in [0.4, 0.5) is 28.0 Å². The summed E-state index contributed by atoms with van der Waals surface area (Å²) in [6, 6.07) is 13.7. The molecule has 1 aromatic heterocycles. The first-order chi connectivity index (χ1) is 17.8. The van der Waals surface area contributed by atoms with Crippen molar-refractivity contribution in [2.24, 2.45) is 0 Å². The number of aromatic nitrogens is 2. The smallest absolute Gasteiger partial charge is 0.318 e. The molecule has 38 heavy (non-hydrogen) atoms. The van der Waals surface area contributed by atoms with Crippen LogP contribution in [0.25, 0.3) is 16.6 Å². The number of carbonyl (C=O) groups is 1. The monoisotopic (exact) mass is 548 g/mol. The van der Waals surface area contributed by atoms with Crippen LogP contribution in [0.1, 0.15) is 18.8 Å². The maximum Gasteiger partial charge on any atom is 0.501 e. The molecule has 8 nitrogen and oxygen atoms in total. The summed E-state index contributed by atoms with van der Waals surface area (Å²) in [7, 11) is -4.25. The van der Waals surface area contributed by atoms with Crippen LogP contribution in [0.3, 0.4) is 0 Å². The highest BCUT2D eigenvalue weighted by atomic mass is 32.2. The molecule has 0 bridgehead atoms. The van der Waals surface area contributed by atoms with Gasteiger partial charge in [0.25, 0.3) is 15.4 Å². The van der Waals surface area contributed by atoms with Crippen molar-refractivity contribution in [1.29, 1.82) is 0 Å². The number of urea groups is 1. The summed E-state index contributed by atoms with van der Waals surface area (Å²) in [6.07, 6.45) is 0. The number of halogens is 4. The van der Waals surface area contributed by atoms with E-state index in [2.05, 4.69) is 10.3 Å². The highest BCUT2D eigenvalue weighted by Gasteiger charge is 2.46. The predicted molar refractivity (Wildman–Crippen MR) is 132 cm³/mol. The Morgan fingerprint density at radius 2 is 1.68 bits per heavy atom. The standard InChI is InChI=1S/C25H20F4N4O4S/c1-15(32(2)24(35)30-17-6-5-7-19(14-17)38(36,37)25(27,28)29)22-31-21-9-4-3-8-20(21)23(34)33(22)18-12-10-16(26)11-13-18/h3-15H,1-2H3,(H,30,35). The number of hydrogen-bond acceptors (Lipinski definition) is 5. The van der Waals surface area contributed by atoms with Crippen molar-refractivity contribution < 1.29 is 30.8 Å². The fourth-order valence-corrected chi connectivity index (χ4v) is 4.51. The van der Waals surface area contributed by atoms with Crippen LogP contribution in [0.5, 0.6) is 0 Å². The van der Waals surface area contributed by atoms with Crippen LogP contribution in [0.2, 0.25) is 0 Å². The van der Waals surface area contributed by atoms with Crippen LogP contribution in [-0.2, 0) is 9.84 Å². The zero-order chi connectivity index (χ0) is 27.8. The lowest BCUT2D eigenvalue weighted by Crippen LogP contribution is -2.37. The van der Waals surface area contributed by atoms with Gasteiger partial charge in [-0.1, -0.05) is 18.2 Å². The van der Waals surface area contributed by atoms with Crippen molar-refractivity contribution in [3.63, 3.8) is 0 Å². The van der Waals surface area contributed by atoms with Crippen LogP contribution in [0.15, 0.2) is 82.5 Å². The number of sulfone groups is 1. The first kappa shape index (κ1) is 26.8. The van der Waals surface area contributed by atoms with Crippen LogP contribution in [-0.4, -0.2) is 41.5 Å². The summed E-state index contributed by atoms with van der Waals surface area (Å²) in [6.45, 7) is 1.57. The van der Waals surface area contributed by atoms with E-state index < -0.39 is 43.7 Å². The van der Waals surface area contributed by atoms with Crippen molar-refractivity contribution in [1.82, 2.24) is 14.5 Å². The Kier molecular flexibility index (Phi) is 6.98. The molecule has 0 aliphatic rings. The topological polar surface area (TPSA) is 101 Å². The third kappa shape index (κ3) is 4.96. The zero-order valence-electron chi connectivity index (χ0n) is 19.9. The van der Waals surface area contributed by atoms with Gasteiger partial charge in [-0.25, -0.2) is 22.6 Å². The molecule has 0 spiro atoms. The molecule has 198 valence electrons. The molecule has 0 radical (unpaired) electrons. The van der Waals surface area contributed by atoms with E-state index in [1.807, 2.05) is 0 Å². The molecular weight excluding hydrogens is 528 g/mol. The number of fused-ring (bicyclic) bond motifs is 1.